The standard InChI is InChI=1S/C19H22N2O7S2/c1-26-17-12-15(30(24,25)21-6-8-27-9-7-21)4-5-16(17)20-18(22)13-28-19(23)11-14-3-2-10-29-14/h2-5,10,12H,6-9,11,13H2,1H3,(H,20,22). The van der Waals surface area contributed by atoms with Crippen LogP contribution in [0.4, 0.5) is 5.69 Å². The zero-order chi connectivity index (χ0) is 21.6. The third-order valence-electron chi connectivity index (χ3n) is 4.32. The first-order chi connectivity index (χ1) is 14.4. The quantitative estimate of drug-likeness (QED) is 0.602. The van der Waals surface area contributed by atoms with Gasteiger partial charge in [0.25, 0.3) is 5.91 Å². The lowest BCUT2D eigenvalue weighted by molar-refractivity contribution is -0.146. The molecule has 1 aromatic heterocycles. The van der Waals surface area contributed by atoms with Gasteiger partial charge in [0.05, 0.1) is 37.3 Å². The van der Waals surface area contributed by atoms with Gasteiger partial charge in [-0.1, -0.05) is 6.07 Å². The average Bonchev–Trinajstić information content (AvgIpc) is 3.26. The highest BCUT2D eigenvalue weighted by Crippen LogP contribution is 2.29. The second-order valence-corrected chi connectivity index (χ2v) is 9.31. The molecule has 2 heterocycles. The SMILES string of the molecule is COc1cc(S(=O)(=O)N2CCOCC2)ccc1NC(=O)COC(=O)Cc1cccs1. The minimum Gasteiger partial charge on any atom is -0.495 e. The van der Waals surface area contributed by atoms with Crippen molar-refractivity contribution >= 4 is 38.9 Å². The Balaban J connectivity index is 1.61. The van der Waals surface area contributed by atoms with E-state index in [2.05, 4.69) is 5.32 Å². The molecule has 0 aliphatic carbocycles. The molecule has 3 rings (SSSR count). The molecule has 1 amide bonds. The first kappa shape index (κ1) is 22.2. The minimum atomic E-state index is -3.69. The molecular formula is C19H22N2O7S2. The van der Waals surface area contributed by atoms with Crippen molar-refractivity contribution in [3.05, 3.63) is 40.6 Å². The Bertz CT molecular complexity index is 984. The van der Waals surface area contributed by atoms with Crippen molar-refractivity contribution in [2.75, 3.05) is 45.3 Å². The summed E-state index contributed by atoms with van der Waals surface area (Å²) in [5.41, 5.74) is 0.276. The fraction of sp³-hybridized carbons (Fsp3) is 0.368. The second kappa shape index (κ2) is 10.0. The van der Waals surface area contributed by atoms with Crippen molar-refractivity contribution in [2.24, 2.45) is 0 Å². The monoisotopic (exact) mass is 454 g/mol. The summed E-state index contributed by atoms with van der Waals surface area (Å²) >= 11 is 1.43. The molecule has 162 valence electrons. The molecule has 0 saturated carbocycles. The largest absolute Gasteiger partial charge is 0.495 e. The number of benzene rings is 1. The predicted octanol–water partition coefficient (Wildman–Crippen LogP) is 1.50. The Morgan fingerprint density at radius 2 is 2.00 bits per heavy atom. The number of nitrogens with one attached hydrogen (secondary N) is 1. The molecule has 1 fully saturated rings. The normalized spacial score (nSPS) is 14.8. The highest BCUT2D eigenvalue weighted by Gasteiger charge is 2.27. The number of esters is 1. The number of sulfonamides is 1. The van der Waals surface area contributed by atoms with E-state index in [0.29, 0.717) is 13.2 Å². The summed E-state index contributed by atoms with van der Waals surface area (Å²) in [4.78, 5) is 24.8. The highest BCUT2D eigenvalue weighted by molar-refractivity contribution is 7.89. The van der Waals surface area contributed by atoms with E-state index in [1.165, 1.54) is 41.0 Å². The van der Waals surface area contributed by atoms with E-state index >= 15 is 0 Å². The highest BCUT2D eigenvalue weighted by atomic mass is 32.2. The minimum absolute atomic E-state index is 0.0571. The van der Waals surface area contributed by atoms with E-state index in [9.17, 15) is 18.0 Å². The number of nitrogens with zero attached hydrogens (tertiary/aromatic N) is 1. The van der Waals surface area contributed by atoms with Gasteiger partial charge >= 0.3 is 5.97 Å². The van der Waals surface area contributed by atoms with Crippen LogP contribution in [0.25, 0.3) is 0 Å². The van der Waals surface area contributed by atoms with Gasteiger partial charge in [0.1, 0.15) is 5.75 Å². The third-order valence-corrected chi connectivity index (χ3v) is 7.09. The number of anilines is 1. The Hall–Kier alpha value is -2.47. The van der Waals surface area contributed by atoms with Crippen molar-refractivity contribution in [2.45, 2.75) is 11.3 Å². The van der Waals surface area contributed by atoms with Gasteiger partial charge in [-0.05, 0) is 23.6 Å². The third kappa shape index (κ3) is 5.57. The van der Waals surface area contributed by atoms with Gasteiger partial charge in [0.2, 0.25) is 10.0 Å². The first-order valence-corrected chi connectivity index (χ1v) is 11.5. The molecule has 1 aliphatic rings. The summed E-state index contributed by atoms with van der Waals surface area (Å²) in [6.45, 7) is 0.784. The Kier molecular flexibility index (Phi) is 7.43. The van der Waals surface area contributed by atoms with E-state index in [-0.39, 0.29) is 35.8 Å². The predicted molar refractivity (Wildman–Crippen MR) is 110 cm³/mol. The summed E-state index contributed by atoms with van der Waals surface area (Å²) in [7, 11) is -2.32. The summed E-state index contributed by atoms with van der Waals surface area (Å²) in [6.07, 6.45) is 0.0996. The van der Waals surface area contributed by atoms with Gasteiger partial charge in [0, 0.05) is 24.0 Å². The Morgan fingerprint density at radius 3 is 2.67 bits per heavy atom. The van der Waals surface area contributed by atoms with E-state index in [4.69, 9.17) is 14.2 Å². The molecular weight excluding hydrogens is 432 g/mol. The second-order valence-electron chi connectivity index (χ2n) is 6.34. The molecule has 0 atom stereocenters. The van der Waals surface area contributed by atoms with Crippen molar-refractivity contribution in [1.29, 1.82) is 0 Å². The lowest BCUT2D eigenvalue weighted by atomic mass is 10.3. The number of rotatable bonds is 8. The van der Waals surface area contributed by atoms with Gasteiger partial charge in [-0.3, -0.25) is 9.59 Å². The molecule has 1 saturated heterocycles. The fourth-order valence-corrected chi connectivity index (χ4v) is 4.92. The maximum Gasteiger partial charge on any atom is 0.311 e. The number of carbonyl (C=O) groups is 2. The van der Waals surface area contributed by atoms with Crippen LogP contribution in [-0.4, -0.2) is 64.6 Å². The van der Waals surface area contributed by atoms with E-state index in [1.807, 2.05) is 17.5 Å². The van der Waals surface area contributed by atoms with Crippen LogP contribution in [0.2, 0.25) is 0 Å². The maximum atomic E-state index is 12.8. The number of morpholine rings is 1. The van der Waals surface area contributed by atoms with Crippen LogP contribution in [-0.2, 0) is 35.5 Å². The molecule has 0 radical (unpaired) electrons. The topological polar surface area (TPSA) is 111 Å². The number of ether oxygens (including phenoxy) is 3. The number of methoxy groups -OCH3 is 1. The lowest BCUT2D eigenvalue weighted by Crippen LogP contribution is -2.40. The summed E-state index contributed by atoms with van der Waals surface area (Å²) in [5.74, 6) is -0.884. The van der Waals surface area contributed by atoms with Crippen LogP contribution in [0.5, 0.6) is 5.75 Å². The van der Waals surface area contributed by atoms with Crippen molar-refractivity contribution in [3.63, 3.8) is 0 Å². The van der Waals surface area contributed by atoms with Gasteiger partial charge in [-0.15, -0.1) is 11.3 Å². The molecule has 11 heteroatoms. The smallest absolute Gasteiger partial charge is 0.311 e. The van der Waals surface area contributed by atoms with E-state index in [0.717, 1.165) is 4.88 Å². The Morgan fingerprint density at radius 1 is 1.23 bits per heavy atom. The number of carbonyl (C=O) groups excluding carboxylic acids is 2. The van der Waals surface area contributed by atoms with Gasteiger partial charge in [-0.2, -0.15) is 4.31 Å². The fourth-order valence-electron chi connectivity index (χ4n) is 2.81. The Labute approximate surface area is 178 Å². The molecule has 0 spiro atoms. The number of thiophene rings is 1. The van der Waals surface area contributed by atoms with Crippen LogP contribution < -0.4 is 10.1 Å². The van der Waals surface area contributed by atoms with E-state index in [1.54, 1.807) is 0 Å². The van der Waals surface area contributed by atoms with Crippen LogP contribution in [0.3, 0.4) is 0 Å². The van der Waals surface area contributed by atoms with Crippen molar-refractivity contribution in [1.82, 2.24) is 4.31 Å². The molecule has 9 nitrogen and oxygen atoms in total. The van der Waals surface area contributed by atoms with Crippen LogP contribution >= 0.6 is 11.3 Å². The van der Waals surface area contributed by atoms with Gasteiger partial charge in [-0.25, -0.2) is 8.42 Å². The number of hydrogen-bond donors (Lipinski definition) is 1. The van der Waals surface area contributed by atoms with Gasteiger partial charge < -0.3 is 19.5 Å². The molecule has 1 N–H and O–H groups in total. The number of hydrogen-bond acceptors (Lipinski definition) is 8. The average molecular weight is 455 g/mol. The molecule has 0 unspecified atom stereocenters. The molecule has 1 aliphatic heterocycles. The zero-order valence-electron chi connectivity index (χ0n) is 16.3. The molecule has 2 aromatic rings. The van der Waals surface area contributed by atoms with Crippen molar-refractivity contribution < 1.29 is 32.2 Å². The molecule has 1 aromatic carbocycles. The maximum absolute atomic E-state index is 12.8. The van der Waals surface area contributed by atoms with Gasteiger partial charge in [0.15, 0.2) is 6.61 Å². The zero-order valence-corrected chi connectivity index (χ0v) is 18.0. The summed E-state index contributed by atoms with van der Waals surface area (Å²) in [6, 6.07) is 7.82. The summed E-state index contributed by atoms with van der Waals surface area (Å²) < 4.78 is 42.3. The molecule has 30 heavy (non-hydrogen) atoms. The number of amides is 1. The summed E-state index contributed by atoms with van der Waals surface area (Å²) in [5, 5.41) is 4.42. The molecule has 0 bridgehead atoms. The first-order valence-electron chi connectivity index (χ1n) is 9.14. The van der Waals surface area contributed by atoms with Crippen LogP contribution in [0, 0.1) is 0 Å². The van der Waals surface area contributed by atoms with Crippen LogP contribution in [0.15, 0.2) is 40.6 Å². The van der Waals surface area contributed by atoms with E-state index < -0.39 is 28.5 Å². The lowest BCUT2D eigenvalue weighted by Gasteiger charge is -2.26. The van der Waals surface area contributed by atoms with Crippen LogP contribution in [0.1, 0.15) is 4.88 Å². The van der Waals surface area contributed by atoms with Crippen molar-refractivity contribution in [3.8, 4) is 5.75 Å².